The maximum Gasteiger partial charge on any atom is 0.506 e. The molecule has 0 saturated carbocycles. The first-order valence-electron chi connectivity index (χ1n) is 8.16. The molecule has 0 aromatic rings. The molecule has 23 heavy (non-hydrogen) atoms. The quantitative estimate of drug-likeness (QED) is 0.634. The molecule has 2 aliphatic rings. The molecule has 2 rings (SSSR count). The van der Waals surface area contributed by atoms with Crippen molar-refractivity contribution in [1.82, 2.24) is 9.80 Å². The smallest absolute Gasteiger partial charge is 0.450 e. The molecule has 6 nitrogen and oxygen atoms in total. The standard InChI is InChI=1S/C17H26N2O4/c1-16(2,3)17(23-15(21)22)8-13-19(14(17)20)12-7-6-11-18-9-4-5-10-18/h4-5,8-13H2,1-3H3,(H,21,22)/t17-/m1/s1. The van der Waals surface area contributed by atoms with Gasteiger partial charge < -0.3 is 14.7 Å². The molecular formula is C17H26N2O4. The molecule has 2 saturated heterocycles. The summed E-state index contributed by atoms with van der Waals surface area (Å²) in [6.45, 7) is 9.21. The summed E-state index contributed by atoms with van der Waals surface area (Å²) in [6.07, 6.45) is 1.42. The summed E-state index contributed by atoms with van der Waals surface area (Å²) >= 11 is 0. The topological polar surface area (TPSA) is 70.1 Å². The van der Waals surface area contributed by atoms with Gasteiger partial charge in [0.05, 0.1) is 13.1 Å². The van der Waals surface area contributed by atoms with E-state index in [1.165, 1.54) is 12.8 Å². The highest BCUT2D eigenvalue weighted by molar-refractivity contribution is 5.90. The number of amides is 1. The second-order valence-electron chi connectivity index (χ2n) is 7.26. The van der Waals surface area contributed by atoms with Crippen LogP contribution in [-0.4, -0.2) is 65.3 Å². The van der Waals surface area contributed by atoms with Gasteiger partial charge in [0.1, 0.15) is 0 Å². The molecule has 128 valence electrons. The van der Waals surface area contributed by atoms with Gasteiger partial charge in [0.25, 0.3) is 5.91 Å². The third-order valence-corrected chi connectivity index (χ3v) is 4.74. The number of hydrogen-bond donors (Lipinski definition) is 1. The highest BCUT2D eigenvalue weighted by atomic mass is 16.7. The van der Waals surface area contributed by atoms with Crippen LogP contribution in [0.15, 0.2) is 0 Å². The van der Waals surface area contributed by atoms with Gasteiger partial charge in [-0.3, -0.25) is 9.69 Å². The fraction of sp³-hybridized carbons (Fsp3) is 0.765. The third-order valence-electron chi connectivity index (χ3n) is 4.74. The van der Waals surface area contributed by atoms with Gasteiger partial charge in [-0.1, -0.05) is 32.6 Å². The summed E-state index contributed by atoms with van der Waals surface area (Å²) in [7, 11) is 0. The van der Waals surface area contributed by atoms with Crippen LogP contribution in [0.2, 0.25) is 0 Å². The maximum absolute atomic E-state index is 12.7. The second kappa shape index (κ2) is 6.79. The SMILES string of the molecule is CC(C)(C)[C@@]1(OC(=O)O)CCN(CC#CCN2CCCC2)C1=O. The molecule has 0 unspecified atom stereocenters. The Hall–Kier alpha value is -1.74. The van der Waals surface area contributed by atoms with Gasteiger partial charge in [0.15, 0.2) is 5.60 Å². The molecule has 0 aromatic carbocycles. The second-order valence-corrected chi connectivity index (χ2v) is 7.26. The van der Waals surface area contributed by atoms with Crippen LogP contribution in [0.3, 0.4) is 0 Å². The van der Waals surface area contributed by atoms with Gasteiger partial charge in [-0.25, -0.2) is 4.79 Å². The van der Waals surface area contributed by atoms with E-state index in [0.29, 0.717) is 19.5 Å². The van der Waals surface area contributed by atoms with Gasteiger partial charge in [0.2, 0.25) is 0 Å². The van der Waals surface area contributed by atoms with Crippen molar-refractivity contribution in [1.29, 1.82) is 0 Å². The van der Waals surface area contributed by atoms with Gasteiger partial charge in [-0.05, 0) is 25.9 Å². The Bertz CT molecular complexity index is 523. The summed E-state index contributed by atoms with van der Waals surface area (Å²) in [4.78, 5) is 27.7. The highest BCUT2D eigenvalue weighted by Crippen LogP contribution is 2.42. The fourth-order valence-corrected chi connectivity index (χ4v) is 3.26. The number of ether oxygens (including phenoxy) is 1. The van der Waals surface area contributed by atoms with Crippen LogP contribution in [0.5, 0.6) is 0 Å². The lowest BCUT2D eigenvalue weighted by atomic mass is 9.75. The van der Waals surface area contributed by atoms with Gasteiger partial charge >= 0.3 is 6.16 Å². The molecule has 0 bridgehead atoms. The van der Waals surface area contributed by atoms with E-state index in [1.807, 2.05) is 20.8 Å². The van der Waals surface area contributed by atoms with Crippen LogP contribution < -0.4 is 0 Å². The lowest BCUT2D eigenvalue weighted by Gasteiger charge is -2.37. The number of likely N-dealkylation sites (tertiary alicyclic amines) is 2. The van der Waals surface area contributed by atoms with Crippen LogP contribution in [0.4, 0.5) is 4.79 Å². The van der Waals surface area contributed by atoms with E-state index in [0.717, 1.165) is 19.6 Å². The molecule has 1 atom stereocenters. The predicted molar refractivity (Wildman–Crippen MR) is 85.9 cm³/mol. The van der Waals surface area contributed by atoms with Crippen LogP contribution in [0.1, 0.15) is 40.0 Å². The summed E-state index contributed by atoms with van der Waals surface area (Å²) in [6, 6.07) is 0. The van der Waals surface area contributed by atoms with Crippen LogP contribution >= 0.6 is 0 Å². The van der Waals surface area contributed by atoms with Crippen molar-refractivity contribution in [3.05, 3.63) is 0 Å². The van der Waals surface area contributed by atoms with Crippen molar-refractivity contribution in [2.45, 2.75) is 45.6 Å². The average molecular weight is 322 g/mol. The number of rotatable bonds is 3. The minimum Gasteiger partial charge on any atom is -0.450 e. The fourth-order valence-electron chi connectivity index (χ4n) is 3.26. The first-order valence-corrected chi connectivity index (χ1v) is 8.16. The van der Waals surface area contributed by atoms with Crippen molar-refractivity contribution in [3.8, 4) is 11.8 Å². The molecule has 2 aliphatic heterocycles. The summed E-state index contributed by atoms with van der Waals surface area (Å²) in [5.41, 5.74) is -1.91. The lowest BCUT2D eigenvalue weighted by Crippen LogP contribution is -2.53. The van der Waals surface area contributed by atoms with Gasteiger partial charge in [-0.2, -0.15) is 0 Å². The Morgan fingerprint density at radius 3 is 2.39 bits per heavy atom. The number of carbonyl (C=O) groups is 2. The van der Waals surface area contributed by atoms with Crippen molar-refractivity contribution >= 4 is 12.1 Å². The monoisotopic (exact) mass is 322 g/mol. The Morgan fingerprint density at radius 1 is 1.22 bits per heavy atom. The summed E-state index contributed by atoms with van der Waals surface area (Å²) < 4.78 is 5.06. The number of nitrogens with zero attached hydrogens (tertiary/aromatic N) is 2. The molecule has 2 fully saturated rings. The van der Waals surface area contributed by atoms with Crippen molar-refractivity contribution < 1.29 is 19.4 Å². The normalized spacial score (nSPS) is 25.3. The minimum absolute atomic E-state index is 0.275. The maximum atomic E-state index is 12.7. The van der Waals surface area contributed by atoms with Gasteiger partial charge in [-0.15, -0.1) is 0 Å². The van der Waals surface area contributed by atoms with E-state index < -0.39 is 17.2 Å². The Labute approximate surface area is 137 Å². The summed E-state index contributed by atoms with van der Waals surface area (Å²) in [5.74, 6) is 5.87. The number of carboxylic acid groups (broad SMARTS) is 1. The van der Waals surface area contributed by atoms with E-state index >= 15 is 0 Å². The molecule has 6 heteroatoms. The minimum atomic E-state index is -1.41. The van der Waals surface area contributed by atoms with Crippen molar-refractivity contribution in [3.63, 3.8) is 0 Å². The average Bonchev–Trinajstić information content (AvgIpc) is 3.05. The Morgan fingerprint density at radius 2 is 1.83 bits per heavy atom. The van der Waals surface area contributed by atoms with Crippen molar-refractivity contribution in [2.24, 2.45) is 5.41 Å². The largest absolute Gasteiger partial charge is 0.506 e. The predicted octanol–water partition coefficient (Wildman–Crippen LogP) is 1.80. The zero-order valence-electron chi connectivity index (χ0n) is 14.2. The number of hydrogen-bond acceptors (Lipinski definition) is 4. The van der Waals surface area contributed by atoms with E-state index in [9.17, 15) is 9.59 Å². The molecule has 1 amide bonds. The first-order chi connectivity index (χ1) is 10.8. The zero-order valence-corrected chi connectivity index (χ0v) is 14.2. The van der Waals surface area contributed by atoms with E-state index in [1.54, 1.807) is 4.90 Å². The van der Waals surface area contributed by atoms with E-state index in [4.69, 9.17) is 9.84 Å². The van der Waals surface area contributed by atoms with Crippen LogP contribution in [0.25, 0.3) is 0 Å². The third kappa shape index (κ3) is 3.78. The highest BCUT2D eigenvalue weighted by Gasteiger charge is 2.57. The Balaban J connectivity index is 1.98. The molecule has 1 N–H and O–H groups in total. The first kappa shape index (κ1) is 17.6. The zero-order chi connectivity index (χ0) is 17.1. The Kier molecular flexibility index (Phi) is 5.20. The lowest BCUT2D eigenvalue weighted by molar-refractivity contribution is -0.156. The molecule has 0 aliphatic carbocycles. The van der Waals surface area contributed by atoms with E-state index in [-0.39, 0.29) is 5.91 Å². The molecule has 0 aromatic heterocycles. The van der Waals surface area contributed by atoms with Crippen molar-refractivity contribution in [2.75, 3.05) is 32.7 Å². The molecular weight excluding hydrogens is 296 g/mol. The summed E-state index contributed by atoms with van der Waals surface area (Å²) in [5, 5.41) is 9.02. The molecule has 0 spiro atoms. The molecule has 2 heterocycles. The van der Waals surface area contributed by atoms with E-state index in [2.05, 4.69) is 16.7 Å². The van der Waals surface area contributed by atoms with Crippen LogP contribution in [0, 0.1) is 17.3 Å². The number of carbonyl (C=O) groups excluding carboxylic acids is 1. The van der Waals surface area contributed by atoms with Gasteiger partial charge in [0, 0.05) is 18.4 Å². The molecule has 0 radical (unpaired) electrons. The van der Waals surface area contributed by atoms with Crippen LogP contribution in [-0.2, 0) is 9.53 Å².